The van der Waals surface area contributed by atoms with E-state index < -0.39 is 10.0 Å². The van der Waals surface area contributed by atoms with Crippen molar-refractivity contribution < 1.29 is 12.8 Å². The van der Waals surface area contributed by atoms with Gasteiger partial charge in [0, 0.05) is 33.2 Å². The smallest absolute Gasteiger partial charge is 0.243 e. The van der Waals surface area contributed by atoms with E-state index in [1.54, 1.807) is 48.6 Å². The minimum atomic E-state index is -3.45. The summed E-state index contributed by atoms with van der Waals surface area (Å²) in [5, 5.41) is 6.39. The maximum absolute atomic E-state index is 13.4. The van der Waals surface area contributed by atoms with Crippen LogP contribution in [-0.4, -0.2) is 38.8 Å². The van der Waals surface area contributed by atoms with Gasteiger partial charge >= 0.3 is 0 Å². The number of sulfonamides is 1. The van der Waals surface area contributed by atoms with Gasteiger partial charge in [0.25, 0.3) is 0 Å². The molecule has 9 heteroatoms. The number of rotatable bonds is 6. The Morgan fingerprint density at radius 3 is 2.29 bits per heavy atom. The summed E-state index contributed by atoms with van der Waals surface area (Å²) in [4.78, 5) is 4.52. The first-order valence-corrected chi connectivity index (χ1v) is 11.6. The molecule has 0 saturated carbocycles. The summed E-state index contributed by atoms with van der Waals surface area (Å²) >= 11 is 0. The van der Waals surface area contributed by atoms with E-state index in [1.807, 2.05) is 6.07 Å². The standard InChI is InChI=1S/C22H29FN4O2S.HI/c1-17-13-19(9-10-21(17)23)16-26-22(24-2)25-15-18-7-6-8-20(14-18)30(28,29)27-11-4-3-5-12-27;/h6-10,13-14H,3-5,11-12,15-16H2,1-2H3,(H2,24,25,26);1H. The maximum Gasteiger partial charge on any atom is 0.243 e. The normalized spacial score (nSPS) is 15.3. The summed E-state index contributed by atoms with van der Waals surface area (Å²) < 4.78 is 40.8. The average Bonchev–Trinajstić information content (AvgIpc) is 2.77. The van der Waals surface area contributed by atoms with Crippen LogP contribution in [0.25, 0.3) is 0 Å². The zero-order valence-corrected chi connectivity index (χ0v) is 21.0. The van der Waals surface area contributed by atoms with Gasteiger partial charge in [-0.1, -0.05) is 30.7 Å². The van der Waals surface area contributed by atoms with Crippen molar-refractivity contribution in [2.24, 2.45) is 4.99 Å². The molecule has 3 rings (SSSR count). The van der Waals surface area contributed by atoms with Gasteiger partial charge in [-0.2, -0.15) is 4.31 Å². The molecule has 2 aromatic carbocycles. The summed E-state index contributed by atoms with van der Waals surface area (Å²) in [6.07, 6.45) is 2.91. The molecule has 31 heavy (non-hydrogen) atoms. The Bertz CT molecular complexity index is 1010. The first kappa shape index (κ1) is 25.5. The van der Waals surface area contributed by atoms with Gasteiger partial charge in [0.2, 0.25) is 10.0 Å². The van der Waals surface area contributed by atoms with Crippen molar-refractivity contribution in [2.45, 2.75) is 44.2 Å². The molecule has 0 atom stereocenters. The van der Waals surface area contributed by atoms with E-state index in [9.17, 15) is 12.8 Å². The Balaban J connectivity index is 0.00000341. The van der Waals surface area contributed by atoms with E-state index in [-0.39, 0.29) is 29.8 Å². The van der Waals surface area contributed by atoms with Gasteiger partial charge in [0.1, 0.15) is 5.82 Å². The zero-order chi connectivity index (χ0) is 21.6. The van der Waals surface area contributed by atoms with E-state index in [0.29, 0.717) is 42.6 Å². The molecule has 0 amide bonds. The third kappa shape index (κ3) is 6.88. The van der Waals surface area contributed by atoms with Crippen LogP contribution in [0, 0.1) is 12.7 Å². The van der Waals surface area contributed by atoms with Crippen LogP contribution in [0.4, 0.5) is 4.39 Å². The van der Waals surface area contributed by atoms with Gasteiger partial charge < -0.3 is 10.6 Å². The predicted molar refractivity (Wildman–Crippen MR) is 133 cm³/mol. The molecule has 1 aliphatic rings. The largest absolute Gasteiger partial charge is 0.352 e. The topological polar surface area (TPSA) is 73.8 Å². The third-order valence-electron chi connectivity index (χ3n) is 5.22. The molecular formula is C22H30FIN4O2S. The average molecular weight is 560 g/mol. The van der Waals surface area contributed by atoms with Crippen molar-refractivity contribution in [3.63, 3.8) is 0 Å². The van der Waals surface area contributed by atoms with Crippen LogP contribution in [0.5, 0.6) is 0 Å². The lowest BCUT2D eigenvalue weighted by Gasteiger charge is -2.26. The monoisotopic (exact) mass is 560 g/mol. The Labute approximate surface area is 201 Å². The molecule has 1 heterocycles. The second-order valence-electron chi connectivity index (χ2n) is 7.48. The molecule has 0 aromatic heterocycles. The van der Waals surface area contributed by atoms with Gasteiger partial charge in [0.05, 0.1) is 4.90 Å². The number of aliphatic imine (C=N–C) groups is 1. The van der Waals surface area contributed by atoms with Crippen molar-refractivity contribution in [3.05, 3.63) is 65.0 Å². The minimum absolute atomic E-state index is 0. The van der Waals surface area contributed by atoms with E-state index in [1.165, 1.54) is 6.07 Å². The molecule has 2 aromatic rings. The van der Waals surface area contributed by atoms with Crippen molar-refractivity contribution in [1.29, 1.82) is 0 Å². The second kappa shape index (κ2) is 11.8. The lowest BCUT2D eigenvalue weighted by molar-refractivity contribution is 0.346. The molecule has 0 radical (unpaired) electrons. The molecule has 0 spiro atoms. The highest BCUT2D eigenvalue weighted by atomic mass is 127. The van der Waals surface area contributed by atoms with E-state index in [4.69, 9.17) is 0 Å². The highest BCUT2D eigenvalue weighted by Crippen LogP contribution is 2.21. The Morgan fingerprint density at radius 2 is 1.68 bits per heavy atom. The lowest BCUT2D eigenvalue weighted by Crippen LogP contribution is -2.36. The molecule has 2 N–H and O–H groups in total. The van der Waals surface area contributed by atoms with Gasteiger partial charge in [0.15, 0.2) is 5.96 Å². The number of nitrogens with one attached hydrogen (secondary N) is 2. The molecular weight excluding hydrogens is 530 g/mol. The number of hydrogen-bond acceptors (Lipinski definition) is 3. The number of benzene rings is 2. The lowest BCUT2D eigenvalue weighted by atomic mass is 10.1. The van der Waals surface area contributed by atoms with Crippen LogP contribution in [0.15, 0.2) is 52.4 Å². The summed E-state index contributed by atoms with van der Waals surface area (Å²) in [6.45, 7) is 3.85. The number of guanidine groups is 1. The highest BCUT2D eigenvalue weighted by Gasteiger charge is 2.25. The molecule has 1 aliphatic heterocycles. The molecule has 0 bridgehead atoms. The predicted octanol–water partition coefficient (Wildman–Crippen LogP) is 3.79. The second-order valence-corrected chi connectivity index (χ2v) is 9.41. The van der Waals surface area contributed by atoms with E-state index >= 15 is 0 Å². The van der Waals surface area contributed by atoms with Gasteiger partial charge in [-0.15, -0.1) is 24.0 Å². The molecule has 1 fully saturated rings. The van der Waals surface area contributed by atoms with Crippen molar-refractivity contribution >= 4 is 40.0 Å². The van der Waals surface area contributed by atoms with Crippen molar-refractivity contribution in [2.75, 3.05) is 20.1 Å². The number of halogens is 2. The number of hydrogen-bond donors (Lipinski definition) is 2. The van der Waals surface area contributed by atoms with Crippen LogP contribution in [-0.2, 0) is 23.1 Å². The molecule has 0 aliphatic carbocycles. The number of piperidine rings is 1. The molecule has 0 unspecified atom stereocenters. The summed E-state index contributed by atoms with van der Waals surface area (Å²) in [5.41, 5.74) is 2.41. The van der Waals surface area contributed by atoms with E-state index in [2.05, 4.69) is 15.6 Å². The van der Waals surface area contributed by atoms with Crippen LogP contribution < -0.4 is 10.6 Å². The Kier molecular flexibility index (Phi) is 9.70. The third-order valence-corrected chi connectivity index (χ3v) is 7.11. The van der Waals surface area contributed by atoms with Crippen LogP contribution in [0.3, 0.4) is 0 Å². The fourth-order valence-electron chi connectivity index (χ4n) is 3.48. The Morgan fingerprint density at radius 1 is 1.03 bits per heavy atom. The Hall–Kier alpha value is -1.72. The number of nitrogens with zero attached hydrogens (tertiary/aromatic N) is 2. The fraction of sp³-hybridized carbons (Fsp3) is 0.409. The van der Waals surface area contributed by atoms with Gasteiger partial charge in [-0.25, -0.2) is 12.8 Å². The highest BCUT2D eigenvalue weighted by molar-refractivity contribution is 14.0. The first-order valence-electron chi connectivity index (χ1n) is 10.2. The van der Waals surface area contributed by atoms with Gasteiger partial charge in [-0.05, 0) is 54.7 Å². The van der Waals surface area contributed by atoms with Crippen LogP contribution >= 0.6 is 24.0 Å². The zero-order valence-electron chi connectivity index (χ0n) is 17.9. The summed E-state index contributed by atoms with van der Waals surface area (Å²) in [7, 11) is -1.78. The van der Waals surface area contributed by atoms with Crippen molar-refractivity contribution in [1.82, 2.24) is 14.9 Å². The SMILES string of the molecule is CN=C(NCc1cccc(S(=O)(=O)N2CCCCC2)c1)NCc1ccc(F)c(C)c1.I. The maximum atomic E-state index is 13.4. The van der Waals surface area contributed by atoms with Crippen molar-refractivity contribution in [3.8, 4) is 0 Å². The molecule has 1 saturated heterocycles. The minimum Gasteiger partial charge on any atom is -0.352 e. The quantitative estimate of drug-likeness (QED) is 0.321. The van der Waals surface area contributed by atoms with Gasteiger partial charge in [-0.3, -0.25) is 4.99 Å². The molecule has 170 valence electrons. The van der Waals surface area contributed by atoms with Crippen LogP contribution in [0.2, 0.25) is 0 Å². The first-order chi connectivity index (χ1) is 14.4. The molecule has 6 nitrogen and oxygen atoms in total. The summed E-state index contributed by atoms with van der Waals surface area (Å²) in [6, 6.07) is 12.0. The summed E-state index contributed by atoms with van der Waals surface area (Å²) in [5.74, 6) is 0.363. The fourth-order valence-corrected chi connectivity index (χ4v) is 5.07. The van der Waals surface area contributed by atoms with E-state index in [0.717, 1.165) is 30.4 Å². The van der Waals surface area contributed by atoms with Crippen LogP contribution in [0.1, 0.15) is 36.0 Å². The number of aryl methyl sites for hydroxylation is 1.